The molecule has 5 nitrogen and oxygen atoms in total. The van der Waals surface area contributed by atoms with Crippen LogP contribution in [-0.2, 0) is 9.53 Å². The summed E-state index contributed by atoms with van der Waals surface area (Å²) in [6.45, 7) is 2.37. The lowest BCUT2D eigenvalue weighted by molar-refractivity contribution is -0.117. The average molecular weight is 286 g/mol. The van der Waals surface area contributed by atoms with Gasteiger partial charge in [0.25, 0.3) is 0 Å². The Balaban J connectivity index is 2.73. The van der Waals surface area contributed by atoms with E-state index in [9.17, 15) is 9.59 Å². The van der Waals surface area contributed by atoms with Gasteiger partial charge in [0.1, 0.15) is 0 Å². The number of nitrogens with one attached hydrogen (secondary N) is 1. The largest absolute Gasteiger partial charge is 0.478 e. The summed E-state index contributed by atoms with van der Waals surface area (Å²) in [4.78, 5) is 22.6. The molecule has 19 heavy (non-hydrogen) atoms. The van der Waals surface area contributed by atoms with Gasteiger partial charge in [-0.05, 0) is 24.1 Å². The van der Waals surface area contributed by atoms with Crippen molar-refractivity contribution in [1.82, 2.24) is 0 Å². The topological polar surface area (TPSA) is 75.6 Å². The number of hydrogen-bond acceptors (Lipinski definition) is 3. The molecule has 0 saturated carbocycles. The Bertz CT molecular complexity index is 476. The molecular weight excluding hydrogens is 270 g/mol. The molecule has 0 bridgehead atoms. The van der Waals surface area contributed by atoms with Crippen molar-refractivity contribution in [3.05, 3.63) is 28.8 Å². The van der Waals surface area contributed by atoms with Crippen LogP contribution >= 0.6 is 11.6 Å². The number of halogens is 1. The normalized spacial score (nSPS) is 11.9. The monoisotopic (exact) mass is 285 g/mol. The fourth-order valence-corrected chi connectivity index (χ4v) is 1.78. The summed E-state index contributed by atoms with van der Waals surface area (Å²) in [7, 11) is 1.57. The zero-order chi connectivity index (χ0) is 14.4. The number of aromatic carboxylic acids is 1. The van der Waals surface area contributed by atoms with Gasteiger partial charge in [-0.3, -0.25) is 4.79 Å². The number of amides is 1. The number of benzene rings is 1. The molecule has 0 spiro atoms. The molecule has 0 saturated heterocycles. The number of anilines is 1. The van der Waals surface area contributed by atoms with E-state index in [4.69, 9.17) is 21.4 Å². The Labute approximate surface area is 116 Å². The van der Waals surface area contributed by atoms with Crippen LogP contribution in [0.25, 0.3) is 0 Å². The van der Waals surface area contributed by atoms with Gasteiger partial charge in [0.15, 0.2) is 0 Å². The van der Waals surface area contributed by atoms with Crippen molar-refractivity contribution in [1.29, 1.82) is 0 Å². The van der Waals surface area contributed by atoms with Crippen LogP contribution in [0.2, 0.25) is 5.02 Å². The third kappa shape index (κ3) is 4.89. The first-order valence-corrected chi connectivity index (χ1v) is 6.13. The fourth-order valence-electron chi connectivity index (χ4n) is 1.62. The molecule has 0 aliphatic carbocycles. The average Bonchev–Trinajstić information content (AvgIpc) is 2.31. The maximum atomic E-state index is 11.8. The van der Waals surface area contributed by atoms with E-state index in [0.717, 1.165) is 0 Å². The maximum absolute atomic E-state index is 11.8. The van der Waals surface area contributed by atoms with E-state index in [1.165, 1.54) is 18.2 Å². The molecule has 2 N–H and O–H groups in total. The zero-order valence-electron chi connectivity index (χ0n) is 10.8. The van der Waals surface area contributed by atoms with Crippen LogP contribution in [-0.4, -0.2) is 30.7 Å². The molecule has 0 aliphatic rings. The van der Waals surface area contributed by atoms with Crippen LogP contribution in [0.1, 0.15) is 23.7 Å². The lowest BCUT2D eigenvalue weighted by Gasteiger charge is -2.11. The molecule has 1 aromatic rings. The quantitative estimate of drug-likeness (QED) is 0.842. The number of carboxylic acid groups (broad SMARTS) is 1. The number of methoxy groups -OCH3 is 1. The van der Waals surface area contributed by atoms with Gasteiger partial charge < -0.3 is 15.2 Å². The minimum atomic E-state index is -1.07. The van der Waals surface area contributed by atoms with E-state index in [2.05, 4.69) is 5.32 Å². The van der Waals surface area contributed by atoms with Crippen LogP contribution in [0.5, 0.6) is 0 Å². The summed E-state index contributed by atoms with van der Waals surface area (Å²) in [6, 6.07) is 4.16. The first kappa shape index (κ1) is 15.5. The minimum absolute atomic E-state index is 0.0737. The van der Waals surface area contributed by atoms with Gasteiger partial charge in [0.05, 0.1) is 16.3 Å². The molecular formula is C13H16ClNO4. The Kier molecular flexibility index (Phi) is 5.79. The second kappa shape index (κ2) is 7.11. The number of carboxylic acids is 1. The van der Waals surface area contributed by atoms with Crippen molar-refractivity contribution < 1.29 is 19.4 Å². The van der Waals surface area contributed by atoms with Crippen LogP contribution in [0.15, 0.2) is 18.2 Å². The van der Waals surface area contributed by atoms with Crippen molar-refractivity contribution in [2.45, 2.75) is 13.3 Å². The highest BCUT2D eigenvalue weighted by Gasteiger charge is 2.12. The molecule has 104 valence electrons. The van der Waals surface area contributed by atoms with Crippen molar-refractivity contribution in [3.63, 3.8) is 0 Å². The van der Waals surface area contributed by atoms with Gasteiger partial charge in [-0.25, -0.2) is 4.79 Å². The summed E-state index contributed by atoms with van der Waals surface area (Å²) in [6.07, 6.45) is 0.279. The van der Waals surface area contributed by atoms with Crippen molar-refractivity contribution in [2.75, 3.05) is 19.0 Å². The molecule has 1 unspecified atom stereocenters. The van der Waals surface area contributed by atoms with E-state index < -0.39 is 5.97 Å². The molecule has 0 fully saturated rings. The third-order valence-electron chi connectivity index (χ3n) is 2.47. The third-order valence-corrected chi connectivity index (χ3v) is 2.80. The number of hydrogen-bond donors (Lipinski definition) is 2. The summed E-state index contributed by atoms with van der Waals surface area (Å²) < 4.78 is 4.95. The SMILES string of the molecule is COCC(C)CC(=O)Nc1cc(C(=O)O)ccc1Cl. The molecule has 0 heterocycles. The lowest BCUT2D eigenvalue weighted by atomic mass is 10.1. The summed E-state index contributed by atoms with van der Waals surface area (Å²) >= 11 is 5.91. The Hall–Kier alpha value is -1.59. The van der Waals surface area contributed by atoms with Gasteiger partial charge in [0, 0.05) is 20.1 Å². The summed E-state index contributed by atoms with van der Waals surface area (Å²) in [5, 5.41) is 11.8. The zero-order valence-corrected chi connectivity index (χ0v) is 11.5. The van der Waals surface area contributed by atoms with Crippen LogP contribution in [0, 0.1) is 5.92 Å². The summed E-state index contributed by atoms with van der Waals surface area (Å²) in [5.74, 6) is -1.22. The fraction of sp³-hybridized carbons (Fsp3) is 0.385. The maximum Gasteiger partial charge on any atom is 0.335 e. The van der Waals surface area contributed by atoms with Crippen molar-refractivity contribution in [3.8, 4) is 0 Å². The predicted molar refractivity (Wildman–Crippen MR) is 72.7 cm³/mol. The first-order valence-electron chi connectivity index (χ1n) is 5.75. The second-order valence-electron chi connectivity index (χ2n) is 4.31. The smallest absolute Gasteiger partial charge is 0.335 e. The van der Waals surface area contributed by atoms with Crippen molar-refractivity contribution >= 4 is 29.2 Å². The molecule has 0 aromatic heterocycles. The first-order chi connectivity index (χ1) is 8.93. The van der Waals surface area contributed by atoms with E-state index in [1.807, 2.05) is 6.92 Å². The van der Waals surface area contributed by atoms with E-state index in [-0.39, 0.29) is 23.8 Å². The number of rotatable bonds is 6. The second-order valence-corrected chi connectivity index (χ2v) is 4.72. The standard InChI is InChI=1S/C13H16ClNO4/c1-8(7-19-2)5-12(16)15-11-6-9(13(17)18)3-4-10(11)14/h3-4,6,8H,5,7H2,1-2H3,(H,15,16)(H,17,18). The molecule has 6 heteroatoms. The lowest BCUT2D eigenvalue weighted by Crippen LogP contribution is -2.18. The van der Waals surface area contributed by atoms with Crippen molar-refractivity contribution in [2.24, 2.45) is 5.92 Å². The highest BCUT2D eigenvalue weighted by Crippen LogP contribution is 2.23. The Morgan fingerprint density at radius 1 is 1.47 bits per heavy atom. The van der Waals surface area contributed by atoms with Crippen LogP contribution in [0.4, 0.5) is 5.69 Å². The van der Waals surface area contributed by atoms with Gasteiger partial charge in [-0.2, -0.15) is 0 Å². The van der Waals surface area contributed by atoms with Crippen LogP contribution in [0.3, 0.4) is 0 Å². The van der Waals surface area contributed by atoms with E-state index in [1.54, 1.807) is 7.11 Å². The summed E-state index contributed by atoms with van der Waals surface area (Å²) in [5.41, 5.74) is 0.376. The Morgan fingerprint density at radius 2 is 2.16 bits per heavy atom. The molecule has 1 rings (SSSR count). The molecule has 0 aliphatic heterocycles. The molecule has 1 atom stereocenters. The van der Waals surface area contributed by atoms with Gasteiger partial charge in [-0.15, -0.1) is 0 Å². The van der Waals surface area contributed by atoms with Gasteiger partial charge >= 0.3 is 5.97 Å². The van der Waals surface area contributed by atoms with Gasteiger partial charge in [-0.1, -0.05) is 18.5 Å². The number of carbonyl (C=O) groups excluding carboxylic acids is 1. The molecule has 1 aromatic carbocycles. The molecule has 1 amide bonds. The van der Waals surface area contributed by atoms with Crippen LogP contribution < -0.4 is 5.32 Å². The Morgan fingerprint density at radius 3 is 2.74 bits per heavy atom. The molecule has 0 radical (unpaired) electrons. The number of carbonyl (C=O) groups is 2. The predicted octanol–water partition coefficient (Wildman–Crippen LogP) is 2.65. The van der Waals surface area contributed by atoms with E-state index in [0.29, 0.717) is 17.3 Å². The highest BCUT2D eigenvalue weighted by molar-refractivity contribution is 6.33. The minimum Gasteiger partial charge on any atom is -0.478 e. The van der Waals surface area contributed by atoms with E-state index >= 15 is 0 Å². The highest BCUT2D eigenvalue weighted by atomic mass is 35.5. The number of ether oxygens (including phenoxy) is 1. The van der Waals surface area contributed by atoms with Gasteiger partial charge in [0.2, 0.25) is 5.91 Å².